The zero-order valence-electron chi connectivity index (χ0n) is 12.8. The molecule has 0 fully saturated rings. The average molecular weight is 402 g/mol. The van der Waals surface area contributed by atoms with Crippen LogP contribution in [0.4, 0.5) is 0 Å². The molecule has 0 saturated carbocycles. The van der Waals surface area contributed by atoms with Crippen molar-refractivity contribution in [3.05, 3.63) is 64.4 Å². The number of aromatic carboxylic acids is 1. The largest absolute Gasteiger partial charge is 0.485 e. The normalized spacial score (nSPS) is 15.8. The molecule has 1 N–H and O–H groups in total. The lowest BCUT2D eigenvalue weighted by atomic mass is 10.1. The quantitative estimate of drug-likeness (QED) is 0.724. The molecule has 8 heteroatoms. The summed E-state index contributed by atoms with van der Waals surface area (Å²) in [6.07, 6.45) is -0.639. The van der Waals surface area contributed by atoms with Crippen molar-refractivity contribution in [2.75, 3.05) is 6.61 Å². The molecule has 0 saturated heterocycles. The Morgan fingerprint density at radius 3 is 2.60 bits per heavy atom. The second kappa shape index (κ2) is 6.21. The number of carboxylic acid groups (broad SMARTS) is 1. The summed E-state index contributed by atoms with van der Waals surface area (Å²) >= 11 is 3.38. The Morgan fingerprint density at radius 2 is 1.88 bits per heavy atom. The van der Waals surface area contributed by atoms with Gasteiger partial charge in [0, 0.05) is 4.47 Å². The summed E-state index contributed by atoms with van der Waals surface area (Å²) < 4.78 is 14.0. The standard InChI is InChI=1S/C17H12BrN3O4/c18-10-5-7-11(8-6-10)21-16(15(17(22)23)19-20-21)14-9-24-12-3-1-2-4-13(12)25-14/h1-8,14H,9H2,(H,22,23). The monoisotopic (exact) mass is 401 g/mol. The van der Waals surface area contributed by atoms with E-state index in [-0.39, 0.29) is 12.3 Å². The molecule has 126 valence electrons. The minimum atomic E-state index is -1.17. The molecule has 7 nitrogen and oxygen atoms in total. The van der Waals surface area contributed by atoms with Gasteiger partial charge < -0.3 is 14.6 Å². The Balaban J connectivity index is 1.79. The highest BCUT2D eigenvalue weighted by atomic mass is 79.9. The first-order valence-electron chi connectivity index (χ1n) is 7.47. The number of ether oxygens (including phenoxy) is 2. The Hall–Kier alpha value is -2.87. The van der Waals surface area contributed by atoms with Crippen molar-refractivity contribution in [1.29, 1.82) is 0 Å². The molecule has 2 heterocycles. The van der Waals surface area contributed by atoms with E-state index in [0.717, 1.165) is 4.47 Å². The number of hydrogen-bond donors (Lipinski definition) is 1. The van der Waals surface area contributed by atoms with Gasteiger partial charge >= 0.3 is 5.97 Å². The van der Waals surface area contributed by atoms with E-state index in [9.17, 15) is 9.90 Å². The zero-order valence-corrected chi connectivity index (χ0v) is 14.4. The number of halogens is 1. The van der Waals surface area contributed by atoms with Crippen LogP contribution in [0.15, 0.2) is 53.0 Å². The summed E-state index contributed by atoms with van der Waals surface area (Å²) in [7, 11) is 0. The first-order chi connectivity index (χ1) is 12.1. The highest BCUT2D eigenvalue weighted by Crippen LogP contribution is 2.37. The second-order valence-corrected chi connectivity index (χ2v) is 6.30. The van der Waals surface area contributed by atoms with Crippen molar-refractivity contribution in [1.82, 2.24) is 15.0 Å². The van der Waals surface area contributed by atoms with Gasteiger partial charge in [-0.15, -0.1) is 5.10 Å². The van der Waals surface area contributed by atoms with Gasteiger partial charge in [-0.05, 0) is 36.4 Å². The van der Waals surface area contributed by atoms with Crippen LogP contribution in [0.1, 0.15) is 22.3 Å². The summed E-state index contributed by atoms with van der Waals surface area (Å²) in [6.45, 7) is 0.168. The maximum atomic E-state index is 11.6. The van der Waals surface area contributed by atoms with Crippen LogP contribution >= 0.6 is 15.9 Å². The number of benzene rings is 2. The molecule has 1 aliphatic heterocycles. The average Bonchev–Trinajstić information content (AvgIpc) is 3.07. The Morgan fingerprint density at radius 1 is 1.16 bits per heavy atom. The highest BCUT2D eigenvalue weighted by Gasteiger charge is 2.32. The van der Waals surface area contributed by atoms with E-state index < -0.39 is 12.1 Å². The van der Waals surface area contributed by atoms with Gasteiger partial charge in [-0.1, -0.05) is 33.3 Å². The van der Waals surface area contributed by atoms with Gasteiger partial charge in [-0.2, -0.15) is 0 Å². The third kappa shape index (κ3) is 2.85. The van der Waals surface area contributed by atoms with E-state index in [4.69, 9.17) is 9.47 Å². The zero-order chi connectivity index (χ0) is 17.4. The molecule has 0 amide bonds. The Bertz CT molecular complexity index is 939. The van der Waals surface area contributed by atoms with Crippen molar-refractivity contribution < 1.29 is 19.4 Å². The van der Waals surface area contributed by atoms with E-state index >= 15 is 0 Å². The number of fused-ring (bicyclic) bond motifs is 1. The fourth-order valence-electron chi connectivity index (χ4n) is 2.66. The summed E-state index contributed by atoms with van der Waals surface area (Å²) in [5.41, 5.74) is 0.862. The molecule has 1 aliphatic rings. The molecule has 25 heavy (non-hydrogen) atoms. The van der Waals surface area contributed by atoms with E-state index in [1.165, 1.54) is 4.68 Å². The van der Waals surface area contributed by atoms with E-state index in [1.54, 1.807) is 12.1 Å². The maximum absolute atomic E-state index is 11.6. The minimum Gasteiger partial charge on any atom is -0.485 e. The van der Waals surface area contributed by atoms with Crippen LogP contribution in [0.5, 0.6) is 11.5 Å². The van der Waals surface area contributed by atoms with Crippen molar-refractivity contribution in [3.63, 3.8) is 0 Å². The lowest BCUT2D eigenvalue weighted by molar-refractivity contribution is 0.0661. The predicted octanol–water partition coefficient (Wildman–Crippen LogP) is 3.24. The van der Waals surface area contributed by atoms with Gasteiger partial charge in [0.2, 0.25) is 0 Å². The molecular weight excluding hydrogens is 390 g/mol. The Kier molecular flexibility index (Phi) is 3.89. The molecule has 1 atom stereocenters. The molecule has 4 rings (SSSR count). The molecule has 2 aromatic carbocycles. The summed E-state index contributed by atoms with van der Waals surface area (Å²) in [5.74, 6) is 0.0118. The molecule has 1 unspecified atom stereocenters. The van der Waals surface area contributed by atoms with Crippen LogP contribution in [0.25, 0.3) is 5.69 Å². The third-order valence-corrected chi connectivity index (χ3v) is 4.32. The van der Waals surface area contributed by atoms with Crippen molar-refractivity contribution in [2.45, 2.75) is 6.10 Å². The smallest absolute Gasteiger partial charge is 0.358 e. The fraction of sp³-hybridized carbons (Fsp3) is 0.118. The number of hydrogen-bond acceptors (Lipinski definition) is 5. The van der Waals surface area contributed by atoms with Gasteiger partial charge in [0.15, 0.2) is 23.3 Å². The minimum absolute atomic E-state index is 0.157. The second-order valence-electron chi connectivity index (χ2n) is 5.38. The number of carbonyl (C=O) groups is 1. The maximum Gasteiger partial charge on any atom is 0.358 e. The number of aromatic nitrogens is 3. The SMILES string of the molecule is O=C(O)c1nnn(-c2ccc(Br)cc2)c1C1COc2ccccc2O1. The first kappa shape index (κ1) is 15.6. The van der Waals surface area contributed by atoms with E-state index in [2.05, 4.69) is 26.2 Å². The van der Waals surface area contributed by atoms with Gasteiger partial charge in [0.1, 0.15) is 12.3 Å². The molecule has 0 radical (unpaired) electrons. The van der Waals surface area contributed by atoms with Gasteiger partial charge in [-0.25, -0.2) is 9.48 Å². The van der Waals surface area contributed by atoms with Crippen molar-refractivity contribution in [2.24, 2.45) is 0 Å². The van der Waals surface area contributed by atoms with Crippen LogP contribution in [0.3, 0.4) is 0 Å². The fourth-order valence-corrected chi connectivity index (χ4v) is 2.92. The molecule has 3 aromatic rings. The summed E-state index contributed by atoms with van der Waals surface area (Å²) in [6, 6.07) is 14.6. The van der Waals surface area contributed by atoms with Crippen molar-refractivity contribution in [3.8, 4) is 17.2 Å². The van der Waals surface area contributed by atoms with Crippen LogP contribution in [0, 0.1) is 0 Å². The molecule has 0 aliphatic carbocycles. The summed E-state index contributed by atoms with van der Waals surface area (Å²) in [4.78, 5) is 11.6. The van der Waals surface area contributed by atoms with Gasteiger partial charge in [-0.3, -0.25) is 0 Å². The van der Waals surface area contributed by atoms with E-state index in [0.29, 0.717) is 22.9 Å². The predicted molar refractivity (Wildman–Crippen MR) is 91.3 cm³/mol. The lowest BCUT2D eigenvalue weighted by Crippen LogP contribution is -2.25. The van der Waals surface area contributed by atoms with Crippen LogP contribution in [0.2, 0.25) is 0 Å². The number of para-hydroxylation sites is 2. The van der Waals surface area contributed by atoms with Crippen LogP contribution < -0.4 is 9.47 Å². The summed E-state index contributed by atoms with van der Waals surface area (Å²) in [5, 5.41) is 17.3. The van der Waals surface area contributed by atoms with Crippen LogP contribution in [-0.2, 0) is 0 Å². The Labute approximate surface area is 150 Å². The van der Waals surface area contributed by atoms with Crippen LogP contribution in [-0.4, -0.2) is 32.7 Å². The van der Waals surface area contributed by atoms with Gasteiger partial charge in [0.05, 0.1) is 5.69 Å². The molecule has 1 aromatic heterocycles. The van der Waals surface area contributed by atoms with E-state index in [1.807, 2.05) is 36.4 Å². The lowest BCUT2D eigenvalue weighted by Gasteiger charge is -2.26. The highest BCUT2D eigenvalue weighted by molar-refractivity contribution is 9.10. The molecule has 0 spiro atoms. The van der Waals surface area contributed by atoms with Crippen molar-refractivity contribution >= 4 is 21.9 Å². The third-order valence-electron chi connectivity index (χ3n) is 3.79. The molecule has 0 bridgehead atoms. The number of rotatable bonds is 3. The topological polar surface area (TPSA) is 86.5 Å². The van der Waals surface area contributed by atoms with Gasteiger partial charge in [0.25, 0.3) is 0 Å². The number of carboxylic acids is 1. The molecular formula is C17H12BrN3O4. The number of nitrogens with zero attached hydrogens (tertiary/aromatic N) is 3. The first-order valence-corrected chi connectivity index (χ1v) is 8.26.